The van der Waals surface area contributed by atoms with E-state index in [-0.39, 0.29) is 17.0 Å². The molecule has 0 bridgehead atoms. The molecule has 6 nitrogen and oxygen atoms in total. The first kappa shape index (κ1) is 17.2. The first-order chi connectivity index (χ1) is 11.6. The Hall–Kier alpha value is -1.60. The highest BCUT2D eigenvalue weighted by Gasteiger charge is 2.27. The molecule has 2 amide bonds. The number of carbonyl (C=O) groups is 1. The van der Waals surface area contributed by atoms with Gasteiger partial charge >= 0.3 is 6.03 Å². The van der Waals surface area contributed by atoms with Crippen LogP contribution in [0.5, 0.6) is 0 Å². The minimum absolute atomic E-state index is 0.225. The monoisotopic (exact) mass is 351 g/mol. The van der Waals surface area contributed by atoms with Gasteiger partial charge in [-0.25, -0.2) is 13.2 Å². The van der Waals surface area contributed by atoms with Crippen LogP contribution in [0.2, 0.25) is 0 Å². The Kier molecular flexibility index (Phi) is 5.40. The van der Waals surface area contributed by atoms with E-state index in [0.29, 0.717) is 18.8 Å². The largest absolute Gasteiger partial charge is 0.335 e. The lowest BCUT2D eigenvalue weighted by Gasteiger charge is -2.22. The Balaban J connectivity index is 1.58. The molecule has 1 aliphatic heterocycles. The van der Waals surface area contributed by atoms with E-state index < -0.39 is 10.0 Å². The Labute approximate surface area is 143 Å². The zero-order valence-corrected chi connectivity index (χ0v) is 14.6. The molecule has 1 aromatic rings. The van der Waals surface area contributed by atoms with Crippen molar-refractivity contribution in [3.8, 4) is 0 Å². The van der Waals surface area contributed by atoms with Gasteiger partial charge in [-0.2, -0.15) is 4.31 Å². The molecular weight excluding hydrogens is 326 g/mol. The van der Waals surface area contributed by atoms with Crippen LogP contribution in [0, 0.1) is 0 Å². The van der Waals surface area contributed by atoms with Gasteiger partial charge in [0, 0.05) is 24.8 Å². The van der Waals surface area contributed by atoms with E-state index in [1.807, 2.05) is 0 Å². The molecule has 0 spiro atoms. The molecule has 0 radical (unpaired) electrons. The van der Waals surface area contributed by atoms with Crippen LogP contribution in [0.4, 0.5) is 10.5 Å². The fourth-order valence-electron chi connectivity index (χ4n) is 3.39. The van der Waals surface area contributed by atoms with Crippen molar-refractivity contribution in [1.82, 2.24) is 9.62 Å². The predicted molar refractivity (Wildman–Crippen MR) is 93.5 cm³/mol. The predicted octanol–water partition coefficient (Wildman–Crippen LogP) is 2.93. The van der Waals surface area contributed by atoms with Gasteiger partial charge in [-0.1, -0.05) is 19.3 Å². The van der Waals surface area contributed by atoms with Crippen molar-refractivity contribution in [2.75, 3.05) is 18.4 Å². The van der Waals surface area contributed by atoms with E-state index in [9.17, 15) is 13.2 Å². The van der Waals surface area contributed by atoms with Gasteiger partial charge in [-0.15, -0.1) is 0 Å². The summed E-state index contributed by atoms with van der Waals surface area (Å²) in [6.07, 6.45) is 7.45. The van der Waals surface area contributed by atoms with Crippen LogP contribution in [-0.4, -0.2) is 37.9 Å². The van der Waals surface area contributed by atoms with Gasteiger partial charge in [0.05, 0.1) is 4.90 Å². The Bertz CT molecular complexity index is 661. The summed E-state index contributed by atoms with van der Waals surface area (Å²) in [7, 11) is -3.40. The molecule has 1 saturated carbocycles. The minimum atomic E-state index is -3.40. The standard InChI is InChI=1S/C17H25N3O3S/c21-17(18-14-6-2-1-3-7-14)19-15-8-10-16(11-9-15)24(22,23)20-12-4-5-13-20/h8-11,14H,1-7,12-13H2,(H2,18,19,21). The first-order valence-electron chi connectivity index (χ1n) is 8.73. The van der Waals surface area contributed by atoms with Crippen molar-refractivity contribution in [3.05, 3.63) is 24.3 Å². The number of anilines is 1. The summed E-state index contributed by atoms with van der Waals surface area (Å²) in [5, 5.41) is 5.76. The van der Waals surface area contributed by atoms with Crippen LogP contribution in [0.25, 0.3) is 0 Å². The Morgan fingerprint density at radius 2 is 1.58 bits per heavy atom. The molecule has 1 aliphatic carbocycles. The summed E-state index contributed by atoms with van der Waals surface area (Å²) in [4.78, 5) is 12.3. The van der Waals surface area contributed by atoms with E-state index >= 15 is 0 Å². The van der Waals surface area contributed by atoms with Gasteiger partial charge in [0.25, 0.3) is 0 Å². The summed E-state index contributed by atoms with van der Waals surface area (Å²) in [6, 6.07) is 6.42. The Morgan fingerprint density at radius 1 is 0.958 bits per heavy atom. The smallest absolute Gasteiger partial charge is 0.319 e. The number of carbonyl (C=O) groups excluding carboxylic acids is 1. The van der Waals surface area contributed by atoms with Crippen molar-refractivity contribution in [1.29, 1.82) is 0 Å². The number of sulfonamides is 1. The highest BCUT2D eigenvalue weighted by atomic mass is 32.2. The summed E-state index contributed by atoms with van der Waals surface area (Å²) in [5.41, 5.74) is 0.601. The third-order valence-electron chi connectivity index (χ3n) is 4.76. The van der Waals surface area contributed by atoms with Crippen LogP contribution >= 0.6 is 0 Å². The third kappa shape index (κ3) is 4.08. The van der Waals surface area contributed by atoms with E-state index in [1.165, 1.54) is 10.7 Å². The number of hydrogen-bond donors (Lipinski definition) is 2. The molecule has 2 fully saturated rings. The van der Waals surface area contributed by atoms with E-state index in [4.69, 9.17) is 0 Å². The van der Waals surface area contributed by atoms with Gasteiger partial charge in [-0.05, 0) is 49.9 Å². The maximum absolute atomic E-state index is 12.5. The maximum Gasteiger partial charge on any atom is 0.319 e. The maximum atomic E-state index is 12.5. The second kappa shape index (κ2) is 7.53. The van der Waals surface area contributed by atoms with Crippen LogP contribution in [0.15, 0.2) is 29.2 Å². The molecule has 24 heavy (non-hydrogen) atoms. The van der Waals surface area contributed by atoms with Crippen molar-refractivity contribution in [3.63, 3.8) is 0 Å². The normalized spacial score (nSPS) is 20.0. The molecule has 0 atom stereocenters. The Morgan fingerprint density at radius 3 is 2.21 bits per heavy atom. The number of nitrogens with zero attached hydrogens (tertiary/aromatic N) is 1. The quantitative estimate of drug-likeness (QED) is 0.875. The number of urea groups is 1. The molecule has 2 aliphatic rings. The van der Waals surface area contributed by atoms with Gasteiger partial charge in [-0.3, -0.25) is 0 Å². The number of benzene rings is 1. The molecule has 0 unspecified atom stereocenters. The second-order valence-corrected chi connectivity index (χ2v) is 8.51. The van der Waals surface area contributed by atoms with Gasteiger partial charge in [0.15, 0.2) is 0 Å². The lowest BCUT2D eigenvalue weighted by Crippen LogP contribution is -2.39. The third-order valence-corrected chi connectivity index (χ3v) is 6.67. The lowest BCUT2D eigenvalue weighted by atomic mass is 9.96. The minimum Gasteiger partial charge on any atom is -0.335 e. The van der Waals surface area contributed by atoms with E-state index in [1.54, 1.807) is 24.3 Å². The van der Waals surface area contributed by atoms with Crippen molar-refractivity contribution in [2.24, 2.45) is 0 Å². The number of nitrogens with one attached hydrogen (secondary N) is 2. The number of rotatable bonds is 4. The molecule has 1 aromatic carbocycles. The van der Waals surface area contributed by atoms with Gasteiger partial charge < -0.3 is 10.6 Å². The molecule has 132 valence electrons. The van der Waals surface area contributed by atoms with Crippen molar-refractivity contribution < 1.29 is 13.2 Å². The second-order valence-electron chi connectivity index (χ2n) is 6.57. The van der Waals surface area contributed by atoms with Gasteiger partial charge in [0.2, 0.25) is 10.0 Å². The molecule has 0 aromatic heterocycles. The highest BCUT2D eigenvalue weighted by molar-refractivity contribution is 7.89. The van der Waals surface area contributed by atoms with E-state index in [2.05, 4.69) is 10.6 Å². The van der Waals surface area contributed by atoms with Crippen LogP contribution in [0.1, 0.15) is 44.9 Å². The summed E-state index contributed by atoms with van der Waals surface area (Å²) >= 11 is 0. The lowest BCUT2D eigenvalue weighted by molar-refractivity contribution is 0.244. The molecule has 7 heteroatoms. The molecule has 3 rings (SSSR count). The SMILES string of the molecule is O=C(Nc1ccc(S(=O)(=O)N2CCCC2)cc1)NC1CCCCC1. The molecule has 2 N–H and O–H groups in total. The summed E-state index contributed by atoms with van der Waals surface area (Å²) < 4.78 is 26.4. The van der Waals surface area contributed by atoms with E-state index in [0.717, 1.165) is 38.5 Å². The summed E-state index contributed by atoms with van der Waals surface area (Å²) in [6.45, 7) is 1.18. The summed E-state index contributed by atoms with van der Waals surface area (Å²) in [5.74, 6) is 0. The van der Waals surface area contributed by atoms with Crippen molar-refractivity contribution in [2.45, 2.75) is 55.9 Å². The topological polar surface area (TPSA) is 78.5 Å². The molecule has 1 heterocycles. The zero-order valence-electron chi connectivity index (χ0n) is 13.8. The highest BCUT2D eigenvalue weighted by Crippen LogP contribution is 2.22. The molecular formula is C17H25N3O3S. The van der Waals surface area contributed by atoms with Crippen molar-refractivity contribution >= 4 is 21.7 Å². The first-order valence-corrected chi connectivity index (χ1v) is 10.2. The van der Waals surface area contributed by atoms with Crippen LogP contribution < -0.4 is 10.6 Å². The van der Waals surface area contributed by atoms with Crippen LogP contribution in [-0.2, 0) is 10.0 Å². The fourth-order valence-corrected chi connectivity index (χ4v) is 4.90. The molecule has 1 saturated heterocycles. The average Bonchev–Trinajstić information content (AvgIpc) is 3.11. The zero-order chi connectivity index (χ0) is 17.0. The van der Waals surface area contributed by atoms with Gasteiger partial charge in [0.1, 0.15) is 0 Å². The average molecular weight is 351 g/mol. The number of hydrogen-bond acceptors (Lipinski definition) is 3. The number of amides is 2. The fraction of sp³-hybridized carbons (Fsp3) is 0.588. The van der Waals surface area contributed by atoms with Crippen LogP contribution in [0.3, 0.4) is 0 Å².